The van der Waals surface area contributed by atoms with Crippen molar-refractivity contribution in [3.05, 3.63) is 22.1 Å². The van der Waals surface area contributed by atoms with Gasteiger partial charge in [0.05, 0.1) is 6.10 Å². The summed E-state index contributed by atoms with van der Waals surface area (Å²) in [6, 6.07) is 1.97. The Balaban J connectivity index is 1.52. The molecule has 4 rings (SSSR count). The molecule has 2 fully saturated rings. The molecule has 1 N–H and O–H groups in total. The minimum atomic E-state index is -0.0921. The van der Waals surface area contributed by atoms with Gasteiger partial charge in [0, 0.05) is 24.4 Å². The van der Waals surface area contributed by atoms with E-state index in [1.54, 1.807) is 6.07 Å². The molecule has 1 aliphatic heterocycles. The molecule has 1 saturated heterocycles. The van der Waals surface area contributed by atoms with Gasteiger partial charge in [0.1, 0.15) is 0 Å². The fraction of sp³-hybridized carbons (Fsp3) is 0.688. The Morgan fingerprint density at radius 2 is 2.30 bits per heavy atom. The zero-order chi connectivity index (χ0) is 15.8. The van der Waals surface area contributed by atoms with Crippen molar-refractivity contribution in [2.45, 2.75) is 57.6 Å². The van der Waals surface area contributed by atoms with Gasteiger partial charge in [0.25, 0.3) is 5.56 Å². The van der Waals surface area contributed by atoms with Gasteiger partial charge in [-0.25, -0.2) is 4.98 Å². The molecule has 2 aliphatic rings. The van der Waals surface area contributed by atoms with Crippen molar-refractivity contribution < 1.29 is 4.74 Å². The van der Waals surface area contributed by atoms with Crippen LogP contribution in [0.25, 0.3) is 4.96 Å². The molecule has 0 amide bonds. The van der Waals surface area contributed by atoms with Gasteiger partial charge >= 0.3 is 0 Å². The van der Waals surface area contributed by atoms with E-state index in [9.17, 15) is 4.79 Å². The van der Waals surface area contributed by atoms with Crippen molar-refractivity contribution in [3.63, 3.8) is 0 Å². The van der Waals surface area contributed by atoms with Crippen LogP contribution in [0.5, 0.6) is 0 Å². The van der Waals surface area contributed by atoms with Gasteiger partial charge in [-0.15, -0.1) is 5.10 Å². The van der Waals surface area contributed by atoms with Crippen LogP contribution in [0, 0.1) is 5.92 Å². The van der Waals surface area contributed by atoms with Crippen LogP contribution in [-0.2, 0) is 11.2 Å². The first-order valence-corrected chi connectivity index (χ1v) is 9.32. The van der Waals surface area contributed by atoms with Crippen molar-refractivity contribution in [1.82, 2.24) is 14.6 Å². The third-order valence-corrected chi connectivity index (χ3v) is 5.43. The second kappa shape index (κ2) is 6.20. The zero-order valence-electron chi connectivity index (χ0n) is 13.3. The summed E-state index contributed by atoms with van der Waals surface area (Å²) in [5.74, 6) is 0.760. The molecule has 124 valence electrons. The number of aromatic nitrogens is 3. The monoisotopic (exact) mass is 334 g/mol. The Bertz CT molecular complexity index is 752. The van der Waals surface area contributed by atoms with Gasteiger partial charge in [-0.3, -0.25) is 4.79 Å². The standard InChI is InChI=1S/C16H22N4O2S/c1-2-3-11-9-14(21)20-16(18-11)23-15(19-20)17-12-6-7-22-13(8-12)10-4-5-10/h9-10,12-13H,2-8H2,1H3,(H,17,19). The summed E-state index contributed by atoms with van der Waals surface area (Å²) in [6.07, 6.45) is 6.84. The van der Waals surface area contributed by atoms with Crippen LogP contribution in [0.4, 0.5) is 5.13 Å². The molecular weight excluding hydrogens is 312 g/mol. The average molecular weight is 334 g/mol. The largest absolute Gasteiger partial charge is 0.378 e. The van der Waals surface area contributed by atoms with Crippen LogP contribution in [0.2, 0.25) is 0 Å². The number of anilines is 1. The second-order valence-corrected chi connectivity index (χ2v) is 7.51. The lowest BCUT2D eigenvalue weighted by Crippen LogP contribution is -2.35. The van der Waals surface area contributed by atoms with Gasteiger partial charge in [0.2, 0.25) is 10.1 Å². The minimum Gasteiger partial charge on any atom is -0.378 e. The van der Waals surface area contributed by atoms with Crippen LogP contribution in [0.3, 0.4) is 0 Å². The maximum Gasteiger partial charge on any atom is 0.275 e. The highest BCUT2D eigenvalue weighted by atomic mass is 32.1. The fourth-order valence-corrected chi connectivity index (χ4v) is 4.13. The molecule has 7 heteroatoms. The van der Waals surface area contributed by atoms with Crippen molar-refractivity contribution in [2.75, 3.05) is 11.9 Å². The SMILES string of the molecule is CCCc1cc(=O)n2nc(NC3CCOC(C4CC4)C3)sc2n1. The summed E-state index contributed by atoms with van der Waals surface area (Å²) in [5, 5.41) is 8.67. The number of fused-ring (bicyclic) bond motifs is 1. The molecule has 0 aromatic carbocycles. The summed E-state index contributed by atoms with van der Waals surface area (Å²) >= 11 is 1.46. The highest BCUT2D eigenvalue weighted by Gasteiger charge is 2.36. The maximum absolute atomic E-state index is 12.1. The van der Waals surface area contributed by atoms with Crippen LogP contribution in [-0.4, -0.2) is 33.4 Å². The molecule has 2 aromatic rings. The summed E-state index contributed by atoms with van der Waals surface area (Å²) < 4.78 is 7.27. The number of hydrogen-bond acceptors (Lipinski definition) is 6. The first kappa shape index (κ1) is 15.1. The smallest absolute Gasteiger partial charge is 0.275 e. The molecule has 0 radical (unpaired) electrons. The summed E-state index contributed by atoms with van der Waals surface area (Å²) in [5.41, 5.74) is 0.762. The van der Waals surface area contributed by atoms with E-state index in [0.717, 1.165) is 49.0 Å². The van der Waals surface area contributed by atoms with E-state index in [1.807, 2.05) is 0 Å². The summed E-state index contributed by atoms with van der Waals surface area (Å²) in [7, 11) is 0. The Kier molecular flexibility index (Phi) is 4.07. The predicted molar refractivity (Wildman–Crippen MR) is 90.2 cm³/mol. The van der Waals surface area contributed by atoms with Crippen molar-refractivity contribution in [3.8, 4) is 0 Å². The Morgan fingerprint density at radius 3 is 3.09 bits per heavy atom. The van der Waals surface area contributed by atoms with E-state index >= 15 is 0 Å². The second-order valence-electron chi connectivity index (χ2n) is 6.55. The van der Waals surface area contributed by atoms with Crippen molar-refractivity contribution in [2.24, 2.45) is 5.92 Å². The molecule has 23 heavy (non-hydrogen) atoms. The van der Waals surface area contributed by atoms with E-state index in [1.165, 1.54) is 28.7 Å². The molecule has 0 bridgehead atoms. The first-order valence-electron chi connectivity index (χ1n) is 8.51. The van der Waals surface area contributed by atoms with Crippen LogP contribution in [0.15, 0.2) is 10.9 Å². The van der Waals surface area contributed by atoms with E-state index < -0.39 is 0 Å². The normalized spacial score (nSPS) is 24.9. The Labute approximate surface area is 138 Å². The highest BCUT2D eigenvalue weighted by molar-refractivity contribution is 7.20. The number of nitrogens with one attached hydrogen (secondary N) is 1. The van der Waals surface area contributed by atoms with Gasteiger partial charge < -0.3 is 10.1 Å². The maximum atomic E-state index is 12.1. The third-order valence-electron chi connectivity index (χ3n) is 4.59. The molecule has 2 unspecified atom stereocenters. The van der Waals surface area contributed by atoms with Crippen LogP contribution < -0.4 is 10.9 Å². The zero-order valence-corrected chi connectivity index (χ0v) is 14.1. The summed E-state index contributed by atoms with van der Waals surface area (Å²) in [6.45, 7) is 2.90. The fourth-order valence-electron chi connectivity index (χ4n) is 3.23. The molecule has 3 heterocycles. The van der Waals surface area contributed by atoms with E-state index in [2.05, 4.69) is 22.3 Å². The van der Waals surface area contributed by atoms with Crippen LogP contribution in [0.1, 0.15) is 44.7 Å². The lowest BCUT2D eigenvalue weighted by atomic mass is 10.0. The molecule has 0 spiro atoms. The number of aryl methyl sites for hydroxylation is 1. The molecular formula is C16H22N4O2S. The van der Waals surface area contributed by atoms with Gasteiger partial charge in [0.15, 0.2) is 0 Å². The number of hydrogen-bond donors (Lipinski definition) is 1. The first-order chi connectivity index (χ1) is 11.2. The molecule has 1 saturated carbocycles. The quantitative estimate of drug-likeness (QED) is 0.910. The Morgan fingerprint density at radius 1 is 1.43 bits per heavy atom. The van der Waals surface area contributed by atoms with Gasteiger partial charge in [-0.05, 0) is 38.0 Å². The lowest BCUT2D eigenvalue weighted by Gasteiger charge is -2.29. The number of rotatable bonds is 5. The van der Waals surface area contributed by atoms with Crippen molar-refractivity contribution >= 4 is 21.4 Å². The molecule has 2 aromatic heterocycles. The van der Waals surface area contributed by atoms with E-state index in [-0.39, 0.29) is 5.56 Å². The minimum absolute atomic E-state index is 0.0921. The topological polar surface area (TPSA) is 68.5 Å². The molecule has 2 atom stereocenters. The third kappa shape index (κ3) is 3.26. The highest BCUT2D eigenvalue weighted by Crippen LogP contribution is 2.38. The molecule has 6 nitrogen and oxygen atoms in total. The average Bonchev–Trinajstić information content (AvgIpc) is 3.30. The number of nitrogens with zero attached hydrogens (tertiary/aromatic N) is 3. The van der Waals surface area contributed by atoms with Gasteiger partial charge in [-0.1, -0.05) is 24.7 Å². The van der Waals surface area contributed by atoms with E-state index in [0.29, 0.717) is 17.1 Å². The summed E-state index contributed by atoms with van der Waals surface area (Å²) in [4.78, 5) is 17.4. The van der Waals surface area contributed by atoms with Crippen molar-refractivity contribution in [1.29, 1.82) is 0 Å². The van der Waals surface area contributed by atoms with Gasteiger partial charge in [-0.2, -0.15) is 4.52 Å². The molecule has 1 aliphatic carbocycles. The lowest BCUT2D eigenvalue weighted by molar-refractivity contribution is -0.00219. The predicted octanol–water partition coefficient (Wildman–Crippen LogP) is 2.47. The number of ether oxygens (including phenoxy) is 1. The Hall–Kier alpha value is -1.47. The van der Waals surface area contributed by atoms with E-state index in [4.69, 9.17) is 4.74 Å². The van der Waals surface area contributed by atoms with Crippen LogP contribution >= 0.6 is 11.3 Å².